The molecular formula is C31H36N2O5S. The SMILES string of the molecule is CCOc1cc(C2C(C(=O)c3cccs3)=C(O)C(=O)N2CCCN(CC)CC)ccc1OCc1ccccc1. The average molecular weight is 549 g/mol. The molecule has 7 nitrogen and oxygen atoms in total. The molecule has 2 heterocycles. The predicted molar refractivity (Wildman–Crippen MR) is 154 cm³/mol. The Morgan fingerprint density at radius 3 is 2.44 bits per heavy atom. The minimum atomic E-state index is -0.730. The molecule has 2 aromatic carbocycles. The summed E-state index contributed by atoms with van der Waals surface area (Å²) >= 11 is 1.29. The Morgan fingerprint density at radius 2 is 1.77 bits per heavy atom. The number of aliphatic hydroxyl groups is 1. The van der Waals surface area contributed by atoms with Crippen LogP contribution in [0.3, 0.4) is 0 Å². The van der Waals surface area contributed by atoms with Gasteiger partial charge >= 0.3 is 0 Å². The van der Waals surface area contributed by atoms with E-state index in [1.807, 2.05) is 60.8 Å². The molecule has 0 radical (unpaired) electrons. The summed E-state index contributed by atoms with van der Waals surface area (Å²) in [6.07, 6.45) is 0.717. The van der Waals surface area contributed by atoms with Crippen molar-refractivity contribution in [3.63, 3.8) is 0 Å². The first-order chi connectivity index (χ1) is 19.0. The lowest BCUT2D eigenvalue weighted by Gasteiger charge is -2.28. The fourth-order valence-electron chi connectivity index (χ4n) is 4.83. The van der Waals surface area contributed by atoms with Crippen LogP contribution in [0.4, 0.5) is 0 Å². The molecule has 0 fully saturated rings. The van der Waals surface area contributed by atoms with E-state index in [9.17, 15) is 14.7 Å². The smallest absolute Gasteiger partial charge is 0.290 e. The second kappa shape index (κ2) is 13.4. The second-order valence-corrected chi connectivity index (χ2v) is 10.2. The molecule has 1 aromatic heterocycles. The van der Waals surface area contributed by atoms with Crippen LogP contribution in [0.15, 0.2) is 77.4 Å². The van der Waals surface area contributed by atoms with Crippen LogP contribution < -0.4 is 9.47 Å². The molecule has 0 spiro atoms. The molecular weight excluding hydrogens is 512 g/mol. The normalized spacial score (nSPS) is 15.3. The van der Waals surface area contributed by atoms with Crippen molar-refractivity contribution in [3.8, 4) is 11.5 Å². The van der Waals surface area contributed by atoms with Crippen LogP contribution in [0.2, 0.25) is 0 Å². The van der Waals surface area contributed by atoms with Gasteiger partial charge in [-0.3, -0.25) is 9.59 Å². The number of carbonyl (C=O) groups is 2. The van der Waals surface area contributed by atoms with Crippen LogP contribution in [0.1, 0.15) is 54.0 Å². The summed E-state index contributed by atoms with van der Waals surface area (Å²) in [4.78, 5) is 31.2. The molecule has 0 bridgehead atoms. The topological polar surface area (TPSA) is 79.3 Å². The standard InChI is InChI=1S/C31H36N2O5S/c1-4-32(5-2)17-11-18-33-28(27(30(35)31(33)36)29(34)26-14-10-19-39-26)23-15-16-24(25(20-23)37-6-3)38-21-22-12-8-7-9-13-22/h7-10,12-16,19-20,28,35H,4-6,11,17-18,21H2,1-3H3. The van der Waals surface area contributed by atoms with Crippen molar-refractivity contribution in [2.45, 2.75) is 39.8 Å². The van der Waals surface area contributed by atoms with Gasteiger partial charge in [0.25, 0.3) is 5.91 Å². The van der Waals surface area contributed by atoms with Gasteiger partial charge in [0, 0.05) is 6.54 Å². The first-order valence-corrected chi connectivity index (χ1v) is 14.3. The Bertz CT molecular complexity index is 1290. The highest BCUT2D eigenvalue weighted by Gasteiger charge is 2.44. The maximum Gasteiger partial charge on any atom is 0.290 e. The lowest BCUT2D eigenvalue weighted by Crippen LogP contribution is -2.34. The minimum absolute atomic E-state index is 0.102. The van der Waals surface area contributed by atoms with Crippen LogP contribution in [-0.2, 0) is 11.4 Å². The molecule has 4 rings (SSSR count). The number of ether oxygens (including phenoxy) is 2. The number of carbonyl (C=O) groups excluding carboxylic acids is 2. The van der Waals surface area contributed by atoms with Gasteiger partial charge in [0.1, 0.15) is 6.61 Å². The third kappa shape index (κ3) is 6.52. The van der Waals surface area contributed by atoms with E-state index in [-0.39, 0.29) is 11.4 Å². The zero-order valence-electron chi connectivity index (χ0n) is 22.8. The maximum absolute atomic E-state index is 13.6. The minimum Gasteiger partial charge on any atom is -0.503 e. The molecule has 1 aliphatic heterocycles. The number of ketones is 1. The average Bonchev–Trinajstić information content (AvgIpc) is 3.58. The number of hydrogen-bond acceptors (Lipinski definition) is 7. The summed E-state index contributed by atoms with van der Waals surface area (Å²) in [6, 6.07) is 18.1. The molecule has 1 atom stereocenters. The zero-order chi connectivity index (χ0) is 27.8. The Morgan fingerprint density at radius 1 is 1.00 bits per heavy atom. The van der Waals surface area contributed by atoms with Crippen molar-refractivity contribution in [1.29, 1.82) is 0 Å². The highest BCUT2D eigenvalue weighted by atomic mass is 32.1. The molecule has 0 saturated heterocycles. The van der Waals surface area contributed by atoms with Gasteiger partial charge in [0.2, 0.25) is 5.78 Å². The third-order valence-electron chi connectivity index (χ3n) is 6.88. The van der Waals surface area contributed by atoms with Crippen molar-refractivity contribution in [2.75, 3.05) is 32.8 Å². The molecule has 8 heteroatoms. The third-order valence-corrected chi connectivity index (χ3v) is 7.75. The number of nitrogens with zero attached hydrogens (tertiary/aromatic N) is 2. The number of amides is 1. The van der Waals surface area contributed by atoms with E-state index in [2.05, 4.69) is 18.7 Å². The van der Waals surface area contributed by atoms with Crippen LogP contribution in [0.25, 0.3) is 0 Å². The lowest BCUT2D eigenvalue weighted by molar-refractivity contribution is -0.129. The van der Waals surface area contributed by atoms with Gasteiger partial charge in [-0.1, -0.05) is 56.3 Å². The van der Waals surface area contributed by atoms with Crippen LogP contribution in [0, 0.1) is 0 Å². The molecule has 39 heavy (non-hydrogen) atoms. The maximum atomic E-state index is 13.6. The molecule has 1 N–H and O–H groups in total. The number of thiophene rings is 1. The van der Waals surface area contributed by atoms with Gasteiger partial charge in [-0.05, 0) is 67.7 Å². The van der Waals surface area contributed by atoms with Gasteiger partial charge in [-0.15, -0.1) is 11.3 Å². The van der Waals surface area contributed by atoms with E-state index >= 15 is 0 Å². The molecule has 206 valence electrons. The largest absolute Gasteiger partial charge is 0.503 e. The summed E-state index contributed by atoms with van der Waals surface area (Å²) in [5, 5.41) is 12.8. The van der Waals surface area contributed by atoms with Crippen LogP contribution in [0.5, 0.6) is 11.5 Å². The zero-order valence-corrected chi connectivity index (χ0v) is 23.6. The summed E-state index contributed by atoms with van der Waals surface area (Å²) in [6.45, 7) is 9.96. The molecule has 3 aromatic rings. The fraction of sp³-hybridized carbons (Fsp3) is 0.355. The van der Waals surface area contributed by atoms with Crippen LogP contribution in [-0.4, -0.2) is 59.4 Å². The van der Waals surface area contributed by atoms with Crippen molar-refractivity contribution >= 4 is 23.0 Å². The monoisotopic (exact) mass is 548 g/mol. The Labute approximate surface area is 234 Å². The summed E-state index contributed by atoms with van der Waals surface area (Å²) < 4.78 is 12.0. The van der Waals surface area contributed by atoms with Gasteiger partial charge in [-0.2, -0.15) is 0 Å². The fourth-order valence-corrected chi connectivity index (χ4v) is 5.50. The molecule has 0 saturated carbocycles. The summed E-state index contributed by atoms with van der Waals surface area (Å²) in [7, 11) is 0. The number of aliphatic hydroxyl groups excluding tert-OH is 1. The molecule has 1 unspecified atom stereocenters. The Balaban J connectivity index is 1.67. The van der Waals surface area contributed by atoms with Gasteiger partial charge in [0.05, 0.1) is 23.1 Å². The van der Waals surface area contributed by atoms with Crippen molar-refractivity contribution in [2.24, 2.45) is 0 Å². The molecule has 1 amide bonds. The highest BCUT2D eigenvalue weighted by Crippen LogP contribution is 2.42. The van der Waals surface area contributed by atoms with E-state index in [4.69, 9.17) is 9.47 Å². The first kappa shape index (κ1) is 28.4. The van der Waals surface area contributed by atoms with Gasteiger partial charge < -0.3 is 24.4 Å². The van der Waals surface area contributed by atoms with E-state index < -0.39 is 17.7 Å². The van der Waals surface area contributed by atoms with Gasteiger partial charge in [-0.25, -0.2) is 0 Å². The highest BCUT2D eigenvalue weighted by molar-refractivity contribution is 7.12. The number of hydrogen-bond donors (Lipinski definition) is 1. The van der Waals surface area contributed by atoms with Gasteiger partial charge in [0.15, 0.2) is 17.3 Å². The lowest BCUT2D eigenvalue weighted by atomic mass is 9.95. The molecule has 0 aliphatic carbocycles. The quantitative estimate of drug-likeness (QED) is 0.248. The number of benzene rings is 2. The van der Waals surface area contributed by atoms with Crippen LogP contribution >= 0.6 is 11.3 Å². The first-order valence-electron chi connectivity index (χ1n) is 13.5. The summed E-state index contributed by atoms with van der Waals surface area (Å²) in [5.74, 6) is -0.253. The van der Waals surface area contributed by atoms with Crippen molar-refractivity contribution in [3.05, 3.63) is 93.4 Å². The molecule has 1 aliphatic rings. The number of Topliss-reactive ketones (excluding diaryl/α,β-unsaturated/α-hetero) is 1. The van der Waals surface area contributed by atoms with E-state index in [1.165, 1.54) is 11.3 Å². The second-order valence-electron chi connectivity index (χ2n) is 9.26. The predicted octanol–water partition coefficient (Wildman–Crippen LogP) is 6.04. The van der Waals surface area contributed by atoms with E-state index in [0.717, 1.165) is 25.2 Å². The Hall–Kier alpha value is -3.62. The Kier molecular flexibility index (Phi) is 9.79. The summed E-state index contributed by atoms with van der Waals surface area (Å²) in [5.41, 5.74) is 1.82. The van der Waals surface area contributed by atoms with Crippen molar-refractivity contribution < 1.29 is 24.2 Å². The van der Waals surface area contributed by atoms with Crippen molar-refractivity contribution in [1.82, 2.24) is 9.80 Å². The van der Waals surface area contributed by atoms with E-state index in [1.54, 1.807) is 17.0 Å². The van der Waals surface area contributed by atoms with E-state index in [0.29, 0.717) is 48.1 Å². The number of rotatable bonds is 14.